The molecule has 0 unspecified atom stereocenters. The number of nitriles is 1. The molecular weight excluding hydrogens is 357 g/mol. The number of carbonyl (C=O) groups is 1. The lowest BCUT2D eigenvalue weighted by Gasteiger charge is -2.20. The quantitative estimate of drug-likeness (QED) is 0.837. The van der Waals surface area contributed by atoms with E-state index in [2.05, 4.69) is 21.4 Å². The van der Waals surface area contributed by atoms with Crippen LogP contribution in [0.3, 0.4) is 0 Å². The Bertz CT molecular complexity index is 978. The van der Waals surface area contributed by atoms with Crippen molar-refractivity contribution >= 4 is 28.8 Å². The summed E-state index contributed by atoms with van der Waals surface area (Å²) in [6.45, 7) is 0.885. The van der Waals surface area contributed by atoms with Gasteiger partial charge in [0.25, 0.3) is 5.91 Å². The molecule has 0 aliphatic carbocycles. The van der Waals surface area contributed by atoms with E-state index in [9.17, 15) is 9.18 Å². The number of carbonyl (C=O) groups excluding carboxylic acids is 1. The van der Waals surface area contributed by atoms with E-state index in [0.29, 0.717) is 40.8 Å². The van der Waals surface area contributed by atoms with Gasteiger partial charge in [-0.3, -0.25) is 4.79 Å². The van der Waals surface area contributed by atoms with Crippen molar-refractivity contribution in [3.05, 3.63) is 34.0 Å². The van der Waals surface area contributed by atoms with E-state index in [0.717, 1.165) is 0 Å². The van der Waals surface area contributed by atoms with Gasteiger partial charge in [-0.05, 0) is 12.1 Å². The minimum Gasteiger partial charge on any atom is -0.379 e. The van der Waals surface area contributed by atoms with Crippen LogP contribution in [0.15, 0.2) is 17.1 Å². The molecule has 1 saturated heterocycles. The van der Waals surface area contributed by atoms with Crippen LogP contribution in [0, 0.1) is 17.1 Å². The number of thiophene rings is 1. The molecule has 132 valence electrons. The zero-order valence-corrected chi connectivity index (χ0v) is 14.4. The normalized spacial score (nSPS) is 20.7. The van der Waals surface area contributed by atoms with Crippen LogP contribution >= 0.6 is 11.3 Å². The van der Waals surface area contributed by atoms with Gasteiger partial charge in [0, 0.05) is 24.2 Å². The second kappa shape index (κ2) is 6.57. The molecule has 2 aliphatic rings. The summed E-state index contributed by atoms with van der Waals surface area (Å²) < 4.78 is 20.2. The maximum atomic E-state index is 14.9. The number of aliphatic imine (C=N–C) groups is 1. The number of hydrogen-bond acceptors (Lipinski definition) is 7. The molecule has 0 saturated carbocycles. The van der Waals surface area contributed by atoms with Gasteiger partial charge in [-0.1, -0.05) is 0 Å². The van der Waals surface area contributed by atoms with Crippen molar-refractivity contribution in [2.75, 3.05) is 13.2 Å². The second-order valence-electron chi connectivity index (χ2n) is 5.94. The minimum atomic E-state index is -0.620. The molecule has 0 aromatic carbocycles. The smallest absolute Gasteiger partial charge is 0.254 e. The number of nitrogens with zero attached hydrogens (tertiary/aromatic N) is 3. The molecule has 1 fully saturated rings. The Hall–Kier alpha value is -2.67. The van der Waals surface area contributed by atoms with Crippen LogP contribution in [-0.2, 0) is 11.3 Å². The molecular formula is C17H14FN5O2S. The zero-order chi connectivity index (χ0) is 18.3. The van der Waals surface area contributed by atoms with E-state index in [4.69, 9.17) is 15.7 Å². The summed E-state index contributed by atoms with van der Waals surface area (Å²) in [7, 11) is 0. The van der Waals surface area contributed by atoms with E-state index in [1.807, 2.05) is 0 Å². The first-order valence-corrected chi connectivity index (χ1v) is 8.81. The van der Waals surface area contributed by atoms with Crippen molar-refractivity contribution in [3.8, 4) is 16.6 Å². The molecule has 4 heterocycles. The van der Waals surface area contributed by atoms with Gasteiger partial charge in [-0.25, -0.2) is 14.4 Å². The molecule has 2 aromatic rings. The topological polar surface area (TPSA) is 113 Å². The van der Waals surface area contributed by atoms with E-state index >= 15 is 0 Å². The maximum Gasteiger partial charge on any atom is 0.254 e. The van der Waals surface area contributed by atoms with Crippen molar-refractivity contribution in [1.29, 1.82) is 5.26 Å². The molecule has 0 spiro atoms. The highest BCUT2D eigenvalue weighted by molar-refractivity contribution is 7.16. The molecule has 2 aliphatic heterocycles. The monoisotopic (exact) mass is 371 g/mol. The fraction of sp³-hybridized carbons (Fsp3) is 0.294. The van der Waals surface area contributed by atoms with E-state index in [1.54, 1.807) is 12.1 Å². The predicted molar refractivity (Wildman–Crippen MR) is 93.9 cm³/mol. The van der Waals surface area contributed by atoms with Gasteiger partial charge in [0.15, 0.2) is 11.6 Å². The Morgan fingerprint density at radius 2 is 2.35 bits per heavy atom. The zero-order valence-electron chi connectivity index (χ0n) is 13.6. The molecule has 0 radical (unpaired) electrons. The summed E-state index contributed by atoms with van der Waals surface area (Å²) >= 11 is 1.20. The molecule has 26 heavy (non-hydrogen) atoms. The molecule has 1 atom stereocenters. The summed E-state index contributed by atoms with van der Waals surface area (Å²) in [4.78, 5) is 22.0. The SMILES string of the molecule is N#Cc1ccc(-c2nc(/N=C3\CCOC[C@@H]3N)c(F)c3c2C(=O)NC3)s1. The standard InChI is InChI=1S/C17H14FN5O2S/c18-14-9-6-21-17(24)13(9)15(12-2-1-8(5-19)26-12)23-16(14)22-11-3-4-25-7-10(11)20/h1-2,10H,3-4,6-7,20H2,(H,21,24)/b22-11+/t10-/m0/s1. The van der Waals surface area contributed by atoms with Crippen LogP contribution in [0.2, 0.25) is 0 Å². The number of hydrogen-bond donors (Lipinski definition) is 2. The number of ether oxygens (including phenoxy) is 1. The molecule has 0 bridgehead atoms. The van der Waals surface area contributed by atoms with Crippen molar-refractivity contribution in [1.82, 2.24) is 10.3 Å². The lowest BCUT2D eigenvalue weighted by molar-refractivity contribution is 0.0966. The first kappa shape index (κ1) is 16.8. The van der Waals surface area contributed by atoms with E-state index in [-0.39, 0.29) is 29.4 Å². The van der Waals surface area contributed by atoms with Gasteiger partial charge in [-0.15, -0.1) is 11.3 Å². The molecule has 1 amide bonds. The van der Waals surface area contributed by atoms with Crippen LogP contribution in [0.4, 0.5) is 10.2 Å². The number of fused-ring (bicyclic) bond motifs is 1. The number of nitrogens with two attached hydrogens (primary N) is 1. The van der Waals surface area contributed by atoms with Crippen LogP contribution in [0.25, 0.3) is 10.6 Å². The lowest BCUT2D eigenvalue weighted by Crippen LogP contribution is -2.39. The summed E-state index contributed by atoms with van der Waals surface area (Å²) in [5.41, 5.74) is 7.38. The van der Waals surface area contributed by atoms with Gasteiger partial charge in [-0.2, -0.15) is 5.26 Å². The Morgan fingerprint density at radius 1 is 1.50 bits per heavy atom. The number of rotatable bonds is 2. The highest BCUT2D eigenvalue weighted by Gasteiger charge is 2.31. The average molecular weight is 371 g/mol. The summed E-state index contributed by atoms with van der Waals surface area (Å²) in [6, 6.07) is 4.99. The van der Waals surface area contributed by atoms with Crippen LogP contribution in [0.1, 0.15) is 27.2 Å². The van der Waals surface area contributed by atoms with Crippen LogP contribution in [0.5, 0.6) is 0 Å². The van der Waals surface area contributed by atoms with Crippen LogP contribution < -0.4 is 11.1 Å². The Labute approximate surface area is 152 Å². The van der Waals surface area contributed by atoms with Gasteiger partial charge >= 0.3 is 0 Å². The summed E-state index contributed by atoms with van der Waals surface area (Å²) in [5, 5.41) is 11.7. The van der Waals surface area contributed by atoms with Crippen molar-refractivity contribution in [2.45, 2.75) is 19.0 Å². The Balaban J connectivity index is 1.89. The lowest BCUT2D eigenvalue weighted by atomic mass is 10.1. The van der Waals surface area contributed by atoms with Gasteiger partial charge in [0.1, 0.15) is 10.9 Å². The highest BCUT2D eigenvalue weighted by atomic mass is 32.1. The molecule has 2 aromatic heterocycles. The first-order valence-electron chi connectivity index (χ1n) is 8.00. The average Bonchev–Trinajstić information content (AvgIpc) is 3.27. The third-order valence-electron chi connectivity index (χ3n) is 4.30. The fourth-order valence-electron chi connectivity index (χ4n) is 2.99. The third-order valence-corrected chi connectivity index (χ3v) is 5.29. The summed E-state index contributed by atoms with van der Waals surface area (Å²) in [5.74, 6) is -1.09. The van der Waals surface area contributed by atoms with Gasteiger partial charge in [0.2, 0.25) is 0 Å². The second-order valence-corrected chi connectivity index (χ2v) is 7.03. The maximum absolute atomic E-state index is 14.9. The van der Waals surface area contributed by atoms with Crippen molar-refractivity contribution < 1.29 is 13.9 Å². The summed E-state index contributed by atoms with van der Waals surface area (Å²) in [6.07, 6.45) is 0.503. The van der Waals surface area contributed by atoms with Crippen LogP contribution in [-0.4, -0.2) is 35.9 Å². The highest BCUT2D eigenvalue weighted by Crippen LogP contribution is 2.36. The molecule has 7 nitrogen and oxygen atoms in total. The van der Waals surface area contributed by atoms with E-state index < -0.39 is 11.9 Å². The fourth-order valence-corrected chi connectivity index (χ4v) is 3.79. The number of amides is 1. The Morgan fingerprint density at radius 3 is 3.08 bits per heavy atom. The molecule has 3 N–H and O–H groups in total. The predicted octanol–water partition coefficient (Wildman–Crippen LogP) is 1.88. The third kappa shape index (κ3) is 2.78. The minimum absolute atomic E-state index is 0.0824. The van der Waals surface area contributed by atoms with Crippen molar-refractivity contribution in [3.63, 3.8) is 0 Å². The van der Waals surface area contributed by atoms with Crippen molar-refractivity contribution in [2.24, 2.45) is 10.7 Å². The van der Waals surface area contributed by atoms with Gasteiger partial charge in [0.05, 0.1) is 35.4 Å². The number of nitrogens with one attached hydrogen (secondary N) is 1. The first-order chi connectivity index (χ1) is 12.6. The number of pyridine rings is 1. The van der Waals surface area contributed by atoms with Gasteiger partial charge < -0.3 is 15.8 Å². The Kier molecular flexibility index (Phi) is 4.24. The van der Waals surface area contributed by atoms with E-state index in [1.165, 1.54) is 11.3 Å². The molecule has 4 rings (SSSR count). The largest absolute Gasteiger partial charge is 0.379 e. The number of halogens is 1. The number of aromatic nitrogens is 1. The molecule has 9 heteroatoms.